The molecule has 6 nitrogen and oxygen atoms in total. The largest absolute Gasteiger partial charge is 0.506 e. The highest BCUT2D eigenvalue weighted by Crippen LogP contribution is 2.28. The van der Waals surface area contributed by atoms with E-state index in [0.29, 0.717) is 37.1 Å². The molecule has 3 N–H and O–H groups in total. The van der Waals surface area contributed by atoms with Crippen LogP contribution in [0.2, 0.25) is 0 Å². The molecule has 0 aliphatic carbocycles. The number of rotatable bonds is 23. The monoisotopic (exact) mass is 616 g/mol. The minimum atomic E-state index is -0.568. The van der Waals surface area contributed by atoms with Crippen molar-refractivity contribution in [3.05, 3.63) is 71.8 Å². The minimum absolute atomic E-state index is 0.0190. The van der Waals surface area contributed by atoms with Gasteiger partial charge in [0.15, 0.2) is 6.10 Å². The number of carbonyl (C=O) groups excluding carboxylic acids is 2. The number of hydrogen-bond acceptors (Lipinski definition) is 4. The van der Waals surface area contributed by atoms with Crippen molar-refractivity contribution in [3.8, 4) is 11.5 Å². The van der Waals surface area contributed by atoms with Crippen molar-refractivity contribution >= 4 is 22.6 Å². The molecule has 0 saturated heterocycles. The van der Waals surface area contributed by atoms with Gasteiger partial charge in [-0.15, -0.1) is 0 Å². The van der Waals surface area contributed by atoms with E-state index in [2.05, 4.69) is 29.7 Å². The standard InChI is InChI=1S/C39H56N2O4/c1-3-5-6-7-8-9-10-11-12-13-14-15-16-20-31-23-26-33(27-24-31)45-36(4-2)39(44)41-30-19-29-40-38(43)35-28-25-32-21-17-18-22-34(32)37(35)42/h17-18,21-28,36,42H,3-16,19-20,29-30H2,1-2H3,(H,40,43)(H,41,44). The minimum Gasteiger partial charge on any atom is -0.506 e. The van der Waals surface area contributed by atoms with E-state index in [1.165, 1.54) is 89.0 Å². The second-order valence-electron chi connectivity index (χ2n) is 12.2. The highest BCUT2D eigenvalue weighted by Gasteiger charge is 2.18. The molecule has 0 spiro atoms. The molecule has 45 heavy (non-hydrogen) atoms. The van der Waals surface area contributed by atoms with E-state index >= 15 is 0 Å². The topological polar surface area (TPSA) is 87.7 Å². The molecular formula is C39H56N2O4. The van der Waals surface area contributed by atoms with Gasteiger partial charge in [-0.3, -0.25) is 9.59 Å². The summed E-state index contributed by atoms with van der Waals surface area (Å²) in [5, 5.41) is 17.8. The maximum Gasteiger partial charge on any atom is 0.261 e. The Morgan fingerprint density at radius 2 is 1.29 bits per heavy atom. The summed E-state index contributed by atoms with van der Waals surface area (Å²) in [7, 11) is 0. The Kier molecular flexibility index (Phi) is 17.0. The van der Waals surface area contributed by atoms with Crippen LogP contribution in [-0.2, 0) is 11.2 Å². The summed E-state index contributed by atoms with van der Waals surface area (Å²) in [6, 6.07) is 19.0. The van der Waals surface area contributed by atoms with E-state index in [1.807, 2.05) is 43.3 Å². The number of phenolic OH excluding ortho intramolecular Hbond substituents is 1. The average molecular weight is 617 g/mol. The molecule has 0 aliphatic rings. The van der Waals surface area contributed by atoms with Gasteiger partial charge < -0.3 is 20.5 Å². The van der Waals surface area contributed by atoms with Crippen molar-refractivity contribution in [3.63, 3.8) is 0 Å². The van der Waals surface area contributed by atoms with E-state index < -0.39 is 6.10 Å². The normalized spacial score (nSPS) is 11.8. The number of unbranched alkanes of at least 4 members (excludes halogenated alkanes) is 12. The Morgan fingerprint density at radius 3 is 1.93 bits per heavy atom. The smallest absolute Gasteiger partial charge is 0.261 e. The lowest BCUT2D eigenvalue weighted by atomic mass is 10.0. The maximum absolute atomic E-state index is 12.7. The van der Waals surface area contributed by atoms with Gasteiger partial charge in [0.1, 0.15) is 11.5 Å². The van der Waals surface area contributed by atoms with Gasteiger partial charge in [0.25, 0.3) is 11.8 Å². The van der Waals surface area contributed by atoms with Gasteiger partial charge in [-0.25, -0.2) is 0 Å². The molecule has 3 aromatic carbocycles. The molecule has 3 rings (SSSR count). The first-order chi connectivity index (χ1) is 22.0. The van der Waals surface area contributed by atoms with Crippen LogP contribution in [0.15, 0.2) is 60.7 Å². The van der Waals surface area contributed by atoms with Crippen molar-refractivity contribution in [2.24, 2.45) is 0 Å². The molecule has 0 aromatic heterocycles. The van der Waals surface area contributed by atoms with Crippen LogP contribution in [0.4, 0.5) is 0 Å². The number of amides is 2. The van der Waals surface area contributed by atoms with Crippen LogP contribution >= 0.6 is 0 Å². The maximum atomic E-state index is 12.7. The number of nitrogens with one attached hydrogen (secondary N) is 2. The van der Waals surface area contributed by atoms with Gasteiger partial charge in [0.05, 0.1) is 5.56 Å². The number of ether oxygens (including phenoxy) is 1. The highest BCUT2D eigenvalue weighted by molar-refractivity contribution is 6.03. The van der Waals surface area contributed by atoms with Crippen LogP contribution in [0.1, 0.15) is 126 Å². The first-order valence-electron chi connectivity index (χ1n) is 17.6. The number of carbonyl (C=O) groups is 2. The fourth-order valence-electron chi connectivity index (χ4n) is 5.72. The molecule has 0 fully saturated rings. The van der Waals surface area contributed by atoms with Crippen LogP contribution in [0.25, 0.3) is 10.8 Å². The summed E-state index contributed by atoms with van der Waals surface area (Å²) < 4.78 is 5.99. The fraction of sp³-hybridized carbons (Fsp3) is 0.538. The lowest BCUT2D eigenvalue weighted by Crippen LogP contribution is -2.39. The molecule has 1 atom stereocenters. The number of aromatic hydroxyl groups is 1. The van der Waals surface area contributed by atoms with Crippen LogP contribution < -0.4 is 15.4 Å². The van der Waals surface area contributed by atoms with Gasteiger partial charge in [-0.05, 0) is 54.8 Å². The molecule has 0 bridgehead atoms. The number of fused-ring (bicyclic) bond motifs is 1. The van der Waals surface area contributed by atoms with E-state index in [-0.39, 0.29) is 23.1 Å². The van der Waals surface area contributed by atoms with Crippen LogP contribution in [0.5, 0.6) is 11.5 Å². The number of aryl methyl sites for hydroxylation is 1. The molecule has 0 saturated carbocycles. The van der Waals surface area contributed by atoms with Gasteiger partial charge in [0, 0.05) is 18.5 Å². The van der Waals surface area contributed by atoms with Crippen LogP contribution in [0, 0.1) is 0 Å². The van der Waals surface area contributed by atoms with Crippen molar-refractivity contribution in [1.29, 1.82) is 0 Å². The zero-order valence-corrected chi connectivity index (χ0v) is 27.8. The Hall–Kier alpha value is -3.54. The summed E-state index contributed by atoms with van der Waals surface area (Å²) in [6.45, 7) is 5.01. The molecule has 246 valence electrons. The van der Waals surface area contributed by atoms with E-state index in [1.54, 1.807) is 12.1 Å². The van der Waals surface area contributed by atoms with Crippen molar-refractivity contribution in [2.45, 2.75) is 123 Å². The Bertz CT molecular complexity index is 1270. The Labute approximate surface area is 271 Å². The van der Waals surface area contributed by atoms with E-state index in [4.69, 9.17) is 4.74 Å². The fourth-order valence-corrected chi connectivity index (χ4v) is 5.72. The predicted octanol–water partition coefficient (Wildman–Crippen LogP) is 9.27. The average Bonchev–Trinajstić information content (AvgIpc) is 3.06. The van der Waals surface area contributed by atoms with E-state index in [0.717, 1.165) is 11.8 Å². The zero-order valence-electron chi connectivity index (χ0n) is 27.8. The summed E-state index contributed by atoms with van der Waals surface area (Å²) in [5.74, 6) is 0.187. The molecule has 1 unspecified atom stereocenters. The Morgan fingerprint density at radius 1 is 0.689 bits per heavy atom. The molecule has 0 heterocycles. The summed E-state index contributed by atoms with van der Waals surface area (Å²) in [6.07, 6.45) is 19.4. The third kappa shape index (κ3) is 13.2. The molecule has 6 heteroatoms. The summed E-state index contributed by atoms with van der Waals surface area (Å²) in [5.41, 5.74) is 1.55. The zero-order chi connectivity index (χ0) is 32.1. The second kappa shape index (κ2) is 21.2. The molecule has 0 aliphatic heterocycles. The first kappa shape index (κ1) is 35.9. The summed E-state index contributed by atoms with van der Waals surface area (Å²) in [4.78, 5) is 25.3. The van der Waals surface area contributed by atoms with Gasteiger partial charge >= 0.3 is 0 Å². The Balaban J connectivity index is 1.24. The van der Waals surface area contributed by atoms with Crippen LogP contribution in [-0.4, -0.2) is 36.1 Å². The van der Waals surface area contributed by atoms with Crippen molar-refractivity contribution < 1.29 is 19.4 Å². The third-order valence-electron chi connectivity index (χ3n) is 8.52. The molecule has 0 radical (unpaired) electrons. The molecule has 2 amide bonds. The first-order valence-corrected chi connectivity index (χ1v) is 17.6. The molecule has 3 aromatic rings. The third-order valence-corrected chi connectivity index (χ3v) is 8.52. The van der Waals surface area contributed by atoms with E-state index in [9.17, 15) is 14.7 Å². The molecular weight excluding hydrogens is 560 g/mol. The lowest BCUT2D eigenvalue weighted by molar-refractivity contribution is -0.128. The van der Waals surface area contributed by atoms with Crippen molar-refractivity contribution in [2.75, 3.05) is 13.1 Å². The number of phenols is 1. The highest BCUT2D eigenvalue weighted by atomic mass is 16.5. The van der Waals surface area contributed by atoms with Gasteiger partial charge in [-0.1, -0.05) is 133 Å². The van der Waals surface area contributed by atoms with Gasteiger partial charge in [0.2, 0.25) is 0 Å². The lowest BCUT2D eigenvalue weighted by Gasteiger charge is -2.17. The number of hydrogen-bond donors (Lipinski definition) is 3. The van der Waals surface area contributed by atoms with Crippen LogP contribution in [0.3, 0.4) is 0 Å². The summed E-state index contributed by atoms with van der Waals surface area (Å²) >= 11 is 0. The predicted molar refractivity (Wildman–Crippen MR) is 186 cm³/mol. The van der Waals surface area contributed by atoms with Crippen molar-refractivity contribution in [1.82, 2.24) is 10.6 Å². The number of benzene rings is 3. The second-order valence-corrected chi connectivity index (χ2v) is 12.2. The SMILES string of the molecule is CCCCCCCCCCCCCCCc1ccc(OC(CC)C(=O)NCCCNC(=O)c2ccc3ccccc3c2O)cc1. The quantitative estimate of drug-likeness (QED) is 0.0927. The van der Waals surface area contributed by atoms with Gasteiger partial charge in [-0.2, -0.15) is 0 Å².